The molecule has 0 spiro atoms. The van der Waals surface area contributed by atoms with Gasteiger partial charge >= 0.3 is 6.09 Å². The number of carbonyl (C=O) groups excluding carboxylic acids is 1. The number of halogens is 1. The zero-order chi connectivity index (χ0) is 17.0. The van der Waals surface area contributed by atoms with Crippen LogP contribution in [-0.2, 0) is 14.8 Å². The molecule has 9 heteroatoms. The van der Waals surface area contributed by atoms with Gasteiger partial charge in [-0.1, -0.05) is 0 Å². The van der Waals surface area contributed by atoms with E-state index in [0.717, 1.165) is 6.07 Å². The number of amides is 1. The number of sulfonamides is 1. The second kappa shape index (κ2) is 7.14. The highest BCUT2D eigenvalue weighted by molar-refractivity contribution is 7.89. The van der Waals surface area contributed by atoms with Crippen molar-refractivity contribution in [3.8, 4) is 5.75 Å². The van der Waals surface area contributed by atoms with Crippen LogP contribution >= 0.6 is 0 Å². The molecule has 23 heavy (non-hydrogen) atoms. The number of piperazine rings is 1. The Hall–Kier alpha value is -1.87. The Bertz CT molecular complexity index is 672. The highest BCUT2D eigenvalue weighted by Gasteiger charge is 2.30. The third kappa shape index (κ3) is 3.73. The van der Waals surface area contributed by atoms with Crippen molar-refractivity contribution in [1.29, 1.82) is 0 Å². The second-order valence-corrected chi connectivity index (χ2v) is 6.82. The third-order valence-electron chi connectivity index (χ3n) is 3.51. The van der Waals surface area contributed by atoms with Crippen LogP contribution in [-0.4, -0.2) is 63.6 Å². The van der Waals surface area contributed by atoms with Crippen LogP contribution < -0.4 is 4.74 Å². The molecule has 1 heterocycles. The topological polar surface area (TPSA) is 76.2 Å². The minimum Gasteiger partial charge on any atom is -0.491 e. The minimum atomic E-state index is -3.81. The van der Waals surface area contributed by atoms with Crippen LogP contribution in [0.25, 0.3) is 0 Å². The average Bonchev–Trinajstić information content (AvgIpc) is 2.56. The Morgan fingerprint density at radius 1 is 1.26 bits per heavy atom. The maximum Gasteiger partial charge on any atom is 0.409 e. The van der Waals surface area contributed by atoms with E-state index in [1.54, 1.807) is 6.92 Å². The predicted octanol–water partition coefficient (Wildman–Crippen LogP) is 1.30. The second-order valence-electron chi connectivity index (χ2n) is 4.89. The molecule has 0 unspecified atom stereocenters. The van der Waals surface area contributed by atoms with Gasteiger partial charge in [0.05, 0.1) is 18.6 Å². The van der Waals surface area contributed by atoms with Gasteiger partial charge in [-0.05, 0) is 25.1 Å². The normalized spacial score (nSPS) is 16.2. The van der Waals surface area contributed by atoms with Crippen molar-refractivity contribution < 1.29 is 27.1 Å². The summed E-state index contributed by atoms with van der Waals surface area (Å²) in [5, 5.41) is 0. The summed E-state index contributed by atoms with van der Waals surface area (Å²) in [6, 6.07) is 3.57. The predicted molar refractivity (Wildman–Crippen MR) is 80.3 cm³/mol. The molecule has 0 aromatic heterocycles. The molecule has 0 N–H and O–H groups in total. The molecule has 7 nitrogen and oxygen atoms in total. The first kappa shape index (κ1) is 17.5. The lowest BCUT2D eigenvalue weighted by atomic mass is 10.3. The van der Waals surface area contributed by atoms with Crippen LogP contribution in [0.3, 0.4) is 0 Å². The lowest BCUT2D eigenvalue weighted by Crippen LogP contribution is -2.50. The molecule has 1 aromatic carbocycles. The van der Waals surface area contributed by atoms with E-state index in [-0.39, 0.29) is 36.8 Å². The van der Waals surface area contributed by atoms with Crippen LogP contribution in [0.5, 0.6) is 5.75 Å². The van der Waals surface area contributed by atoms with Gasteiger partial charge in [0.1, 0.15) is 0 Å². The summed E-state index contributed by atoms with van der Waals surface area (Å²) in [4.78, 5) is 12.7. The first-order chi connectivity index (χ1) is 10.9. The zero-order valence-corrected chi connectivity index (χ0v) is 13.8. The van der Waals surface area contributed by atoms with Gasteiger partial charge in [0, 0.05) is 26.2 Å². The summed E-state index contributed by atoms with van der Waals surface area (Å²) >= 11 is 0. The quantitative estimate of drug-likeness (QED) is 0.821. The molecule has 0 bridgehead atoms. The fraction of sp³-hybridized carbons (Fsp3) is 0.500. The van der Waals surface area contributed by atoms with Gasteiger partial charge in [-0.3, -0.25) is 0 Å². The van der Waals surface area contributed by atoms with Crippen molar-refractivity contribution in [2.75, 3.05) is 39.9 Å². The van der Waals surface area contributed by atoms with E-state index in [0.29, 0.717) is 6.61 Å². The van der Waals surface area contributed by atoms with Gasteiger partial charge in [0.25, 0.3) is 0 Å². The van der Waals surface area contributed by atoms with Crippen LogP contribution in [0.1, 0.15) is 6.92 Å². The van der Waals surface area contributed by atoms with E-state index in [9.17, 15) is 17.6 Å². The first-order valence-corrected chi connectivity index (χ1v) is 8.59. The molecule has 1 aromatic rings. The molecular formula is C14H19FN2O5S. The molecule has 1 aliphatic heterocycles. The van der Waals surface area contributed by atoms with Crippen molar-refractivity contribution >= 4 is 16.1 Å². The fourth-order valence-electron chi connectivity index (χ4n) is 2.30. The molecule has 0 aliphatic carbocycles. The van der Waals surface area contributed by atoms with E-state index in [2.05, 4.69) is 4.74 Å². The average molecular weight is 346 g/mol. The Morgan fingerprint density at radius 3 is 2.43 bits per heavy atom. The maximum atomic E-state index is 13.9. The molecular weight excluding hydrogens is 327 g/mol. The van der Waals surface area contributed by atoms with Gasteiger partial charge in [-0.25, -0.2) is 17.6 Å². The summed E-state index contributed by atoms with van der Waals surface area (Å²) in [5.41, 5.74) is 0. The van der Waals surface area contributed by atoms with Crippen LogP contribution in [0.2, 0.25) is 0 Å². The molecule has 128 valence electrons. The summed E-state index contributed by atoms with van der Waals surface area (Å²) in [5.74, 6) is -0.705. The minimum absolute atomic E-state index is 0.0157. The zero-order valence-electron chi connectivity index (χ0n) is 13.0. The number of methoxy groups -OCH3 is 1. The number of rotatable bonds is 4. The van der Waals surface area contributed by atoms with Gasteiger partial charge in [-0.15, -0.1) is 0 Å². The van der Waals surface area contributed by atoms with Gasteiger partial charge in [0.15, 0.2) is 11.6 Å². The van der Waals surface area contributed by atoms with E-state index in [4.69, 9.17) is 4.74 Å². The van der Waals surface area contributed by atoms with E-state index >= 15 is 0 Å². The molecule has 2 rings (SSSR count). The molecule has 1 amide bonds. The van der Waals surface area contributed by atoms with Gasteiger partial charge in [0.2, 0.25) is 10.0 Å². The first-order valence-electron chi connectivity index (χ1n) is 7.15. The van der Waals surface area contributed by atoms with Crippen molar-refractivity contribution in [2.45, 2.75) is 11.8 Å². The fourth-order valence-corrected chi connectivity index (χ4v) is 3.74. The summed E-state index contributed by atoms with van der Waals surface area (Å²) < 4.78 is 49.8. The number of hydrogen-bond acceptors (Lipinski definition) is 5. The lowest BCUT2D eigenvalue weighted by molar-refractivity contribution is 0.108. The Morgan fingerprint density at radius 2 is 1.91 bits per heavy atom. The Labute approximate surface area is 134 Å². The Balaban J connectivity index is 2.13. The Kier molecular flexibility index (Phi) is 5.42. The molecule has 0 atom stereocenters. The van der Waals surface area contributed by atoms with Crippen molar-refractivity contribution in [2.24, 2.45) is 0 Å². The van der Waals surface area contributed by atoms with Crippen molar-refractivity contribution in [1.82, 2.24) is 9.21 Å². The molecule has 1 fully saturated rings. The third-order valence-corrected chi connectivity index (χ3v) is 5.41. The van der Waals surface area contributed by atoms with Crippen LogP contribution in [0, 0.1) is 5.82 Å². The highest BCUT2D eigenvalue weighted by Crippen LogP contribution is 2.24. The number of hydrogen-bond donors (Lipinski definition) is 0. The summed E-state index contributed by atoms with van der Waals surface area (Å²) in [6.07, 6.45) is -0.492. The molecule has 1 saturated heterocycles. The molecule has 0 saturated carbocycles. The largest absolute Gasteiger partial charge is 0.491 e. The molecule has 0 radical (unpaired) electrons. The smallest absolute Gasteiger partial charge is 0.409 e. The standard InChI is InChI=1S/C14H19FN2O5S/c1-3-22-13-5-4-11(10-12(13)15)23(19,20)17-8-6-16(7-9-17)14(18)21-2/h4-5,10H,3,6-9H2,1-2H3. The number of ether oxygens (including phenoxy) is 2. The van der Waals surface area contributed by atoms with E-state index < -0.39 is 21.9 Å². The molecule has 1 aliphatic rings. The van der Waals surface area contributed by atoms with Crippen molar-refractivity contribution in [3.05, 3.63) is 24.0 Å². The maximum absolute atomic E-state index is 13.9. The van der Waals surface area contributed by atoms with E-state index in [1.165, 1.54) is 28.4 Å². The number of carbonyl (C=O) groups is 1. The lowest BCUT2D eigenvalue weighted by Gasteiger charge is -2.33. The number of nitrogens with zero attached hydrogens (tertiary/aromatic N) is 2. The number of benzene rings is 1. The summed E-state index contributed by atoms with van der Waals surface area (Å²) in [6.45, 7) is 2.72. The highest BCUT2D eigenvalue weighted by atomic mass is 32.2. The van der Waals surface area contributed by atoms with Gasteiger partial charge in [-0.2, -0.15) is 4.31 Å². The van der Waals surface area contributed by atoms with Gasteiger partial charge < -0.3 is 14.4 Å². The van der Waals surface area contributed by atoms with E-state index in [1.807, 2.05) is 0 Å². The van der Waals surface area contributed by atoms with Crippen LogP contribution in [0.15, 0.2) is 23.1 Å². The summed E-state index contributed by atoms with van der Waals surface area (Å²) in [7, 11) is -2.54. The monoisotopic (exact) mass is 346 g/mol. The van der Waals surface area contributed by atoms with Crippen molar-refractivity contribution in [3.63, 3.8) is 0 Å². The SMILES string of the molecule is CCOc1ccc(S(=O)(=O)N2CCN(C(=O)OC)CC2)cc1F. The van der Waals surface area contributed by atoms with Crippen LogP contribution in [0.4, 0.5) is 9.18 Å².